The molecule has 3 aromatic heterocycles. The highest BCUT2D eigenvalue weighted by Gasteiger charge is 2.13. The van der Waals surface area contributed by atoms with Crippen molar-refractivity contribution in [3.05, 3.63) is 55.4 Å². The lowest BCUT2D eigenvalue weighted by molar-refractivity contribution is 1.13. The molecule has 0 saturated carbocycles. The van der Waals surface area contributed by atoms with E-state index in [4.69, 9.17) is 0 Å². The molecule has 90 valence electrons. The first-order chi connectivity index (χ1) is 9.45. The fourth-order valence-corrected chi connectivity index (χ4v) is 2.32. The normalized spacial score (nSPS) is 11.2. The fraction of sp³-hybridized carbons (Fsp3) is 0. The van der Waals surface area contributed by atoms with Crippen LogP contribution < -0.4 is 0 Å². The molecule has 4 aromatic rings. The van der Waals surface area contributed by atoms with Gasteiger partial charge in [-0.3, -0.25) is 0 Å². The third kappa shape index (κ3) is 1.41. The summed E-state index contributed by atoms with van der Waals surface area (Å²) in [6, 6.07) is 10.1. The summed E-state index contributed by atoms with van der Waals surface area (Å²) in [6.07, 6.45) is 6.69. The number of aromatic nitrogens is 5. The third-order valence-electron chi connectivity index (χ3n) is 3.11. The van der Waals surface area contributed by atoms with Crippen molar-refractivity contribution in [3.63, 3.8) is 0 Å². The number of nitrogens with zero attached hydrogens (tertiary/aromatic N) is 5. The largest absolute Gasteiger partial charge is 0.303 e. The van der Waals surface area contributed by atoms with Gasteiger partial charge in [0.1, 0.15) is 23.7 Å². The Morgan fingerprint density at radius 3 is 1.89 bits per heavy atom. The summed E-state index contributed by atoms with van der Waals surface area (Å²) in [6.45, 7) is 0. The Bertz CT molecular complexity index is 813. The second kappa shape index (κ2) is 3.84. The zero-order valence-corrected chi connectivity index (χ0v) is 9.93. The van der Waals surface area contributed by atoms with E-state index in [2.05, 4.69) is 24.5 Å². The molecule has 0 bridgehead atoms. The molecule has 0 spiro atoms. The first kappa shape index (κ1) is 10.1. The van der Waals surface area contributed by atoms with E-state index in [0.717, 1.165) is 27.8 Å². The van der Waals surface area contributed by atoms with Gasteiger partial charge in [0.05, 0.1) is 23.4 Å². The molecule has 3 heterocycles. The molecular formula is C14H9N5. The topological polar surface area (TPSA) is 56.5 Å². The monoisotopic (exact) mass is 247 g/mol. The molecule has 0 amide bonds. The van der Waals surface area contributed by atoms with E-state index in [1.165, 1.54) is 0 Å². The van der Waals surface area contributed by atoms with Gasteiger partial charge in [-0.15, -0.1) is 0 Å². The Kier molecular flexibility index (Phi) is 2.05. The Hall–Kier alpha value is -2.82. The average Bonchev–Trinajstić information content (AvgIpc) is 2.83. The molecular weight excluding hydrogens is 238 g/mol. The predicted molar refractivity (Wildman–Crippen MR) is 72.0 cm³/mol. The lowest BCUT2D eigenvalue weighted by atomic mass is 10.3. The Labute approximate surface area is 108 Å². The highest BCUT2D eigenvalue weighted by Crippen LogP contribution is 2.27. The molecule has 0 atom stereocenters. The van der Waals surface area contributed by atoms with Crippen LogP contribution in [0.2, 0.25) is 0 Å². The summed E-state index contributed by atoms with van der Waals surface area (Å²) in [5.74, 6) is 0. The maximum Gasteiger partial charge on any atom is 0.118 e. The molecule has 0 aliphatic heterocycles. The van der Waals surface area contributed by atoms with E-state index in [0.29, 0.717) is 0 Å². The van der Waals surface area contributed by atoms with Crippen LogP contribution in [0.4, 0.5) is 0 Å². The van der Waals surface area contributed by atoms with E-state index in [1.54, 1.807) is 25.0 Å². The van der Waals surface area contributed by atoms with Crippen molar-refractivity contribution >= 4 is 22.1 Å². The van der Waals surface area contributed by atoms with Crippen LogP contribution >= 0.6 is 0 Å². The van der Waals surface area contributed by atoms with Crippen molar-refractivity contribution in [2.45, 2.75) is 0 Å². The minimum atomic E-state index is 0.844. The van der Waals surface area contributed by atoms with Gasteiger partial charge >= 0.3 is 0 Å². The maximum atomic E-state index is 4.33. The summed E-state index contributed by atoms with van der Waals surface area (Å²) < 4.78 is 2.07. The third-order valence-corrected chi connectivity index (χ3v) is 3.11. The quantitative estimate of drug-likeness (QED) is 0.518. The van der Waals surface area contributed by atoms with Crippen molar-refractivity contribution in [3.8, 4) is 5.69 Å². The predicted octanol–water partition coefficient (Wildman–Crippen LogP) is 2.36. The van der Waals surface area contributed by atoms with Crippen LogP contribution in [-0.4, -0.2) is 24.5 Å². The molecule has 0 unspecified atom stereocenters. The van der Waals surface area contributed by atoms with Crippen LogP contribution in [0.3, 0.4) is 0 Å². The van der Waals surface area contributed by atoms with Crippen LogP contribution in [0.1, 0.15) is 0 Å². The molecule has 0 aliphatic carbocycles. The van der Waals surface area contributed by atoms with Crippen LogP contribution in [0.5, 0.6) is 0 Å². The molecule has 0 fully saturated rings. The molecule has 0 radical (unpaired) electrons. The second-order valence-electron chi connectivity index (χ2n) is 4.18. The number of rotatable bonds is 1. The first-order valence-electron chi connectivity index (χ1n) is 5.91. The smallest absolute Gasteiger partial charge is 0.118 e. The average molecular weight is 247 g/mol. The summed E-state index contributed by atoms with van der Waals surface area (Å²) in [5, 5.41) is 0. The zero-order valence-electron chi connectivity index (χ0n) is 9.93. The lowest BCUT2D eigenvalue weighted by Crippen LogP contribution is -1.94. The Morgan fingerprint density at radius 1 is 0.737 bits per heavy atom. The molecule has 4 rings (SSSR count). The number of fused-ring (bicyclic) bond motifs is 3. The van der Waals surface area contributed by atoms with Gasteiger partial charge in [-0.25, -0.2) is 19.9 Å². The van der Waals surface area contributed by atoms with Crippen LogP contribution in [-0.2, 0) is 0 Å². The van der Waals surface area contributed by atoms with E-state index < -0.39 is 0 Å². The summed E-state index contributed by atoms with van der Waals surface area (Å²) >= 11 is 0. The first-order valence-corrected chi connectivity index (χ1v) is 5.91. The Balaban J connectivity index is 2.24. The van der Waals surface area contributed by atoms with Gasteiger partial charge in [0, 0.05) is 5.69 Å². The van der Waals surface area contributed by atoms with E-state index in [-0.39, 0.29) is 0 Å². The van der Waals surface area contributed by atoms with Gasteiger partial charge < -0.3 is 4.57 Å². The van der Waals surface area contributed by atoms with E-state index in [9.17, 15) is 0 Å². The van der Waals surface area contributed by atoms with Gasteiger partial charge in [0.15, 0.2) is 0 Å². The van der Waals surface area contributed by atoms with Crippen molar-refractivity contribution in [1.82, 2.24) is 24.5 Å². The standard InChI is InChI=1S/C14H9N5/c1-2-4-10(5-3-1)19-11-6-15-8-17-13(11)14-12(19)7-16-9-18-14/h1-9H. The van der Waals surface area contributed by atoms with Crippen LogP contribution in [0.15, 0.2) is 55.4 Å². The molecule has 19 heavy (non-hydrogen) atoms. The summed E-state index contributed by atoms with van der Waals surface area (Å²) in [7, 11) is 0. The van der Waals surface area contributed by atoms with Crippen molar-refractivity contribution in [1.29, 1.82) is 0 Å². The number of hydrogen-bond acceptors (Lipinski definition) is 4. The molecule has 5 heteroatoms. The zero-order chi connectivity index (χ0) is 12.7. The SMILES string of the molecule is c1ccc(-n2c3cncnc3c3ncncc32)cc1. The number of hydrogen-bond donors (Lipinski definition) is 0. The highest BCUT2D eigenvalue weighted by molar-refractivity contribution is 6.03. The van der Waals surface area contributed by atoms with Crippen molar-refractivity contribution in [2.24, 2.45) is 0 Å². The van der Waals surface area contributed by atoms with Gasteiger partial charge in [-0.2, -0.15) is 0 Å². The maximum absolute atomic E-state index is 4.33. The van der Waals surface area contributed by atoms with Crippen molar-refractivity contribution < 1.29 is 0 Å². The van der Waals surface area contributed by atoms with Gasteiger partial charge in [0.25, 0.3) is 0 Å². The van der Waals surface area contributed by atoms with Gasteiger partial charge in [0.2, 0.25) is 0 Å². The highest BCUT2D eigenvalue weighted by atomic mass is 15.0. The van der Waals surface area contributed by atoms with E-state index >= 15 is 0 Å². The lowest BCUT2D eigenvalue weighted by Gasteiger charge is -2.05. The molecule has 1 aromatic carbocycles. The fourth-order valence-electron chi connectivity index (χ4n) is 2.32. The molecule has 5 nitrogen and oxygen atoms in total. The second-order valence-corrected chi connectivity index (χ2v) is 4.18. The summed E-state index contributed by atoms with van der Waals surface area (Å²) in [5.41, 5.74) is 4.60. The minimum absolute atomic E-state index is 0.844. The molecule has 0 saturated heterocycles. The molecule has 0 N–H and O–H groups in total. The molecule has 0 aliphatic rings. The number of para-hydroxylation sites is 1. The summed E-state index contributed by atoms with van der Waals surface area (Å²) in [4.78, 5) is 16.9. The number of benzene rings is 1. The van der Waals surface area contributed by atoms with Crippen molar-refractivity contribution in [2.75, 3.05) is 0 Å². The van der Waals surface area contributed by atoms with Crippen LogP contribution in [0, 0.1) is 0 Å². The van der Waals surface area contributed by atoms with Gasteiger partial charge in [-0.1, -0.05) is 18.2 Å². The van der Waals surface area contributed by atoms with E-state index in [1.807, 2.05) is 30.3 Å². The Morgan fingerprint density at radius 2 is 1.32 bits per heavy atom. The minimum Gasteiger partial charge on any atom is -0.303 e. The van der Waals surface area contributed by atoms with Gasteiger partial charge in [-0.05, 0) is 12.1 Å². The van der Waals surface area contributed by atoms with Crippen LogP contribution in [0.25, 0.3) is 27.8 Å².